The summed E-state index contributed by atoms with van der Waals surface area (Å²) < 4.78 is 87.2. The van der Waals surface area contributed by atoms with E-state index in [-0.39, 0.29) is 95.3 Å². The van der Waals surface area contributed by atoms with Crippen LogP contribution in [0.1, 0.15) is 135 Å². The lowest BCUT2D eigenvalue weighted by atomic mass is 9.81. The first kappa shape index (κ1) is 66.2. The molecule has 0 aliphatic heterocycles. The maximum absolute atomic E-state index is 13.1. The summed E-state index contributed by atoms with van der Waals surface area (Å²) in [5.41, 5.74) is 5.27. The second-order valence-corrected chi connectivity index (χ2v) is 21.5. The molecule has 10 N–H and O–H groups in total. The lowest BCUT2D eigenvalue weighted by molar-refractivity contribution is -0.131. The zero-order valence-electron chi connectivity index (χ0n) is 41.4. The van der Waals surface area contributed by atoms with Gasteiger partial charge in [-0.05, 0) is 63.7 Å². The molecule has 0 bridgehead atoms. The van der Waals surface area contributed by atoms with Crippen LogP contribution in [0.5, 0.6) is 0 Å². The number of primary amides is 1. The first-order chi connectivity index (χ1) is 33.9. The van der Waals surface area contributed by atoms with Crippen molar-refractivity contribution in [1.29, 1.82) is 0 Å². The summed E-state index contributed by atoms with van der Waals surface area (Å²) in [4.78, 5) is 73.4. The molecule has 0 spiro atoms. The van der Waals surface area contributed by atoms with Gasteiger partial charge in [-0.1, -0.05) is 70.6 Å². The van der Waals surface area contributed by atoms with E-state index in [0.717, 1.165) is 57.8 Å². The SMILES string of the molecule is NC(=O)[C@H](CCCCNC(=O)COCCOCCNC(=O)COCCOCCNC(=O)[C@H](CS(=O)(=O)O)NC(=O)C1CCC(CNC(=O)CCCCCCCCCCCCCCCS(=O)(=O)O)CC1)NI. The van der Waals surface area contributed by atoms with Crippen LogP contribution in [0.2, 0.25) is 0 Å². The fourth-order valence-corrected chi connectivity index (χ4v) is 9.47. The molecule has 0 unspecified atom stereocenters. The summed E-state index contributed by atoms with van der Waals surface area (Å²) in [6.07, 6.45) is 18.1. The molecule has 414 valence electrons. The lowest BCUT2D eigenvalue weighted by Crippen LogP contribution is -2.52. The van der Waals surface area contributed by atoms with Crippen molar-refractivity contribution in [3.63, 3.8) is 0 Å². The Morgan fingerprint density at radius 2 is 1.04 bits per heavy atom. The number of hydrogen-bond donors (Lipinski definition) is 9. The summed E-state index contributed by atoms with van der Waals surface area (Å²) in [5.74, 6) is -3.75. The van der Waals surface area contributed by atoms with Gasteiger partial charge in [-0.2, -0.15) is 16.8 Å². The molecule has 1 aliphatic rings. The number of halogens is 1. The molecule has 0 heterocycles. The second kappa shape index (κ2) is 41.5. The average molecular weight is 1170 g/mol. The van der Waals surface area contributed by atoms with Gasteiger partial charge >= 0.3 is 0 Å². The van der Waals surface area contributed by atoms with E-state index in [1.807, 2.05) is 22.9 Å². The molecule has 0 radical (unpaired) electrons. The molecule has 71 heavy (non-hydrogen) atoms. The van der Waals surface area contributed by atoms with E-state index in [1.165, 1.54) is 25.7 Å². The topological polar surface area (TPSA) is 346 Å². The van der Waals surface area contributed by atoms with Crippen molar-refractivity contribution in [3.05, 3.63) is 0 Å². The third-order valence-corrected chi connectivity index (χ3v) is 14.0. The number of hydrogen-bond acceptors (Lipinski definition) is 15. The van der Waals surface area contributed by atoms with E-state index < -0.39 is 61.7 Å². The first-order valence-corrected chi connectivity index (χ1v) is 29.4. The zero-order chi connectivity index (χ0) is 52.6. The number of rotatable bonds is 46. The Morgan fingerprint density at radius 1 is 0.549 bits per heavy atom. The molecule has 1 fully saturated rings. The Hall–Kier alpha value is -2.83. The minimum atomic E-state index is -4.61. The van der Waals surface area contributed by atoms with Gasteiger partial charge in [0, 0.05) is 61.4 Å². The van der Waals surface area contributed by atoms with Crippen molar-refractivity contribution in [1.82, 2.24) is 30.1 Å². The van der Waals surface area contributed by atoms with Crippen molar-refractivity contribution < 1.29 is 73.7 Å². The van der Waals surface area contributed by atoms with Gasteiger partial charge in [0.2, 0.25) is 35.4 Å². The number of amides is 6. The van der Waals surface area contributed by atoms with E-state index >= 15 is 0 Å². The highest BCUT2D eigenvalue weighted by atomic mass is 127. The Balaban J connectivity index is 2.09. The van der Waals surface area contributed by atoms with Crippen molar-refractivity contribution in [2.75, 3.05) is 90.5 Å². The molecule has 1 saturated carbocycles. The minimum absolute atomic E-state index is 0.00855. The molecule has 23 nitrogen and oxygen atoms in total. The highest BCUT2D eigenvalue weighted by molar-refractivity contribution is 14.1. The predicted octanol–water partition coefficient (Wildman–Crippen LogP) is 2.01. The summed E-state index contributed by atoms with van der Waals surface area (Å²) in [7, 11) is -8.46. The van der Waals surface area contributed by atoms with Gasteiger partial charge in [-0.15, -0.1) is 0 Å². The standard InChI is InChI=1S/C45H84IN7O16S2/c46-53-38(43(47)57)16-13-14-22-48-41(55)33-68-29-27-66-25-23-49-42(56)34-69-30-28-67-26-24-50-45(59)39(35-71(63,64)65)52-44(58)37-20-18-36(19-21-37)32-51-40(54)17-12-10-8-6-4-2-1-3-5-7-9-11-15-31-70(60,61)62/h36-39,53H,1-35H2,(H2,47,57)(H,48,55)(H,49,56)(H,50,59)(H,51,54)(H,52,58)(H,60,61,62)(H,63,64,65)/t36?,37?,38-,39-/m0/s1. The van der Waals surface area contributed by atoms with Gasteiger partial charge in [-0.25, -0.2) is 3.53 Å². The van der Waals surface area contributed by atoms with Gasteiger partial charge in [-0.3, -0.25) is 37.9 Å². The van der Waals surface area contributed by atoms with Crippen molar-refractivity contribution in [2.24, 2.45) is 17.6 Å². The van der Waals surface area contributed by atoms with Crippen LogP contribution in [0.3, 0.4) is 0 Å². The molecule has 0 aromatic rings. The smallest absolute Gasteiger partial charge is 0.267 e. The van der Waals surface area contributed by atoms with Gasteiger partial charge in [0.15, 0.2) is 0 Å². The van der Waals surface area contributed by atoms with E-state index in [4.69, 9.17) is 29.2 Å². The Morgan fingerprint density at radius 3 is 1.55 bits per heavy atom. The Labute approximate surface area is 435 Å². The molecule has 0 saturated heterocycles. The molecular weight excluding hydrogens is 1090 g/mol. The first-order valence-electron chi connectivity index (χ1n) is 25.1. The van der Waals surface area contributed by atoms with Crippen LogP contribution in [0.25, 0.3) is 0 Å². The third kappa shape index (κ3) is 40.3. The van der Waals surface area contributed by atoms with Gasteiger partial charge < -0.3 is 51.3 Å². The van der Waals surface area contributed by atoms with Crippen LogP contribution in [-0.4, -0.2) is 164 Å². The molecule has 0 aromatic carbocycles. The van der Waals surface area contributed by atoms with Gasteiger partial charge in [0.1, 0.15) is 25.0 Å². The molecule has 6 amide bonds. The summed E-state index contributed by atoms with van der Waals surface area (Å²) in [6, 6.07) is -1.92. The number of carbonyl (C=O) groups excluding carboxylic acids is 6. The third-order valence-electron chi connectivity index (χ3n) is 11.7. The van der Waals surface area contributed by atoms with Gasteiger partial charge in [0.25, 0.3) is 20.2 Å². The normalized spacial score (nSPS) is 15.9. The molecule has 1 aliphatic carbocycles. The maximum atomic E-state index is 13.1. The number of ether oxygens (including phenoxy) is 4. The average Bonchev–Trinajstić information content (AvgIpc) is 3.31. The van der Waals surface area contributed by atoms with E-state index in [0.29, 0.717) is 64.5 Å². The van der Waals surface area contributed by atoms with Gasteiger partial charge in [0.05, 0.1) is 51.4 Å². The molecule has 26 heteroatoms. The largest absolute Gasteiger partial charge is 0.377 e. The van der Waals surface area contributed by atoms with E-state index in [2.05, 4.69) is 30.1 Å². The summed E-state index contributed by atoms with van der Waals surface area (Å²) in [6.45, 7) is 1.65. The predicted molar refractivity (Wildman–Crippen MR) is 274 cm³/mol. The highest BCUT2D eigenvalue weighted by Crippen LogP contribution is 2.29. The summed E-state index contributed by atoms with van der Waals surface area (Å²) >= 11 is 1.88. The van der Waals surface area contributed by atoms with Crippen LogP contribution in [0.4, 0.5) is 0 Å². The molecule has 1 rings (SSSR count). The fraction of sp³-hybridized carbons (Fsp3) is 0.867. The monoisotopic (exact) mass is 1170 g/mol. The second-order valence-electron chi connectivity index (χ2n) is 17.8. The van der Waals surface area contributed by atoms with E-state index in [9.17, 15) is 50.2 Å². The fourth-order valence-electron chi connectivity index (χ4n) is 7.63. The van der Waals surface area contributed by atoms with Crippen molar-refractivity contribution in [2.45, 2.75) is 147 Å². The van der Waals surface area contributed by atoms with Crippen molar-refractivity contribution in [3.8, 4) is 0 Å². The molecular formula is C45H84IN7O16S2. The number of nitrogens with one attached hydrogen (secondary N) is 6. The molecule has 2 atom stereocenters. The molecule has 0 aromatic heterocycles. The maximum Gasteiger partial charge on any atom is 0.267 e. The highest BCUT2D eigenvalue weighted by Gasteiger charge is 2.31. The van der Waals surface area contributed by atoms with Crippen molar-refractivity contribution >= 4 is 78.5 Å². The Bertz CT molecular complexity index is 1730. The number of nitrogens with two attached hydrogens (primary N) is 1. The van der Waals surface area contributed by atoms with E-state index in [1.54, 1.807) is 0 Å². The van der Waals surface area contributed by atoms with Crippen LogP contribution >= 0.6 is 22.9 Å². The van der Waals surface area contributed by atoms with Crippen LogP contribution < -0.4 is 35.8 Å². The van der Waals surface area contributed by atoms with Crippen LogP contribution in [-0.2, 0) is 68.0 Å². The quantitative estimate of drug-likeness (QED) is 0.0182. The van der Waals surface area contributed by atoms with Crippen LogP contribution in [0, 0.1) is 11.8 Å². The minimum Gasteiger partial charge on any atom is -0.377 e. The number of carbonyl (C=O) groups is 6. The van der Waals surface area contributed by atoms with Crippen LogP contribution in [0.15, 0.2) is 0 Å². The lowest BCUT2D eigenvalue weighted by Gasteiger charge is -2.29. The Kier molecular flexibility index (Phi) is 38.7. The summed E-state index contributed by atoms with van der Waals surface area (Å²) in [5, 5.41) is 13.4. The zero-order valence-corrected chi connectivity index (χ0v) is 45.2. The number of unbranched alkanes of at least 4 members (excludes halogenated alkanes) is 13.